The number of benzene rings is 4. The molecule has 0 aliphatic rings. The van der Waals surface area contributed by atoms with Crippen LogP contribution in [0.1, 0.15) is 28.0 Å². The summed E-state index contributed by atoms with van der Waals surface area (Å²) in [4.78, 5) is 16.9. The second kappa shape index (κ2) is 14.1. The molecular formula is C33H29ClN2O5S2. The Balaban J connectivity index is 1.35. The molecule has 5 aromatic rings. The number of carbonyl (C=O) groups is 1. The molecule has 0 fully saturated rings. The lowest BCUT2D eigenvalue weighted by atomic mass is 10.0. The van der Waals surface area contributed by atoms with Gasteiger partial charge in [-0.25, -0.2) is 18.1 Å². The number of carboxylic acid groups (broad SMARTS) is 1. The van der Waals surface area contributed by atoms with Gasteiger partial charge in [-0.15, -0.1) is 0 Å². The maximum absolute atomic E-state index is 13.1. The Bertz CT molecular complexity index is 1800. The van der Waals surface area contributed by atoms with E-state index in [1.54, 1.807) is 24.3 Å². The van der Waals surface area contributed by atoms with Gasteiger partial charge in [0.25, 0.3) is 0 Å². The van der Waals surface area contributed by atoms with E-state index in [9.17, 15) is 18.3 Å². The highest BCUT2D eigenvalue weighted by atomic mass is 35.5. The Morgan fingerprint density at radius 1 is 0.884 bits per heavy atom. The van der Waals surface area contributed by atoms with Gasteiger partial charge in [-0.3, -0.25) is 4.79 Å². The number of sulfonamides is 1. The topological polar surface area (TPSA) is 106 Å². The van der Waals surface area contributed by atoms with Crippen LogP contribution in [-0.4, -0.2) is 36.8 Å². The lowest BCUT2D eigenvalue weighted by molar-refractivity contribution is -0.138. The molecule has 43 heavy (non-hydrogen) atoms. The number of para-hydroxylation sites is 1. The molecule has 0 saturated carbocycles. The van der Waals surface area contributed by atoms with Crippen LogP contribution in [-0.2, 0) is 21.4 Å². The first-order valence-electron chi connectivity index (χ1n) is 13.5. The largest absolute Gasteiger partial charge is 0.487 e. The van der Waals surface area contributed by atoms with Gasteiger partial charge in [0.15, 0.2) is 0 Å². The van der Waals surface area contributed by atoms with Crippen molar-refractivity contribution >= 4 is 50.3 Å². The molecule has 0 aliphatic carbocycles. The summed E-state index contributed by atoms with van der Waals surface area (Å²) in [6, 6.07) is 34.1. The zero-order chi connectivity index (χ0) is 30.2. The average Bonchev–Trinajstić information content (AvgIpc) is 3.02. The van der Waals surface area contributed by atoms with Crippen molar-refractivity contribution < 1.29 is 23.1 Å². The summed E-state index contributed by atoms with van der Waals surface area (Å²) in [5.74, 6) is -0.880. The lowest BCUT2D eigenvalue weighted by Gasteiger charge is -2.21. The van der Waals surface area contributed by atoms with Crippen molar-refractivity contribution in [3.8, 4) is 5.75 Å². The van der Waals surface area contributed by atoms with Crippen LogP contribution in [0.25, 0.3) is 10.9 Å². The molecule has 0 aliphatic heterocycles. The summed E-state index contributed by atoms with van der Waals surface area (Å²) >= 11 is 7.31. The molecule has 4 aromatic carbocycles. The van der Waals surface area contributed by atoms with Gasteiger partial charge in [0.2, 0.25) is 10.0 Å². The number of aromatic nitrogens is 1. The number of halogens is 1. The number of nitrogens with one attached hydrogen (secondary N) is 1. The van der Waals surface area contributed by atoms with Gasteiger partial charge in [-0.05, 0) is 59.7 Å². The molecule has 2 atom stereocenters. The molecule has 0 saturated heterocycles. The van der Waals surface area contributed by atoms with Crippen LogP contribution in [0.15, 0.2) is 120 Å². The number of hydrogen-bond donors (Lipinski definition) is 2. The van der Waals surface area contributed by atoms with E-state index in [-0.39, 0.29) is 23.8 Å². The summed E-state index contributed by atoms with van der Waals surface area (Å²) in [7, 11) is -3.84. The maximum Gasteiger partial charge on any atom is 0.311 e. The standard InChI is InChI=1S/C33H29ClN2O5S2/c34-26-14-17-29(18-15-26)43(39,40)35-20-32(42-22-30(33(37)38)23-7-2-1-3-8-23)25-10-6-11-28(19-25)41-21-27-16-13-24-9-4-5-12-31(24)36-27/h1-19,30,32,35H,20-22H2,(H,37,38). The fourth-order valence-electron chi connectivity index (χ4n) is 4.51. The van der Waals surface area contributed by atoms with Crippen molar-refractivity contribution in [1.82, 2.24) is 9.71 Å². The molecule has 220 valence electrons. The fraction of sp³-hybridized carbons (Fsp3) is 0.152. The molecule has 1 heterocycles. The molecule has 10 heteroatoms. The number of pyridine rings is 1. The Morgan fingerprint density at radius 3 is 2.37 bits per heavy atom. The Hall–Kier alpha value is -3.89. The molecule has 0 amide bonds. The second-order valence-corrected chi connectivity index (χ2v) is 13.2. The van der Waals surface area contributed by atoms with Gasteiger partial charge in [-0.2, -0.15) is 11.8 Å². The van der Waals surface area contributed by atoms with E-state index in [0.29, 0.717) is 16.3 Å². The van der Waals surface area contributed by atoms with Crippen LogP contribution in [0.5, 0.6) is 5.75 Å². The smallest absolute Gasteiger partial charge is 0.311 e. The molecule has 0 spiro atoms. The summed E-state index contributed by atoms with van der Waals surface area (Å²) in [6.07, 6.45) is 0. The van der Waals surface area contributed by atoms with Crippen LogP contribution in [0.2, 0.25) is 5.02 Å². The summed E-state index contributed by atoms with van der Waals surface area (Å²) in [5, 5.41) is 11.0. The van der Waals surface area contributed by atoms with Crippen LogP contribution in [0.3, 0.4) is 0 Å². The van der Waals surface area contributed by atoms with Crippen molar-refractivity contribution in [2.75, 3.05) is 12.3 Å². The molecule has 2 N–H and O–H groups in total. The van der Waals surface area contributed by atoms with E-state index in [0.717, 1.165) is 22.2 Å². The third kappa shape index (κ3) is 8.14. The van der Waals surface area contributed by atoms with E-state index in [2.05, 4.69) is 9.71 Å². The SMILES string of the molecule is O=C(O)C(CSC(CNS(=O)(=O)c1ccc(Cl)cc1)c1cccc(OCc2ccc3ccccc3n2)c1)c1ccccc1. The number of ether oxygens (including phenoxy) is 1. The predicted octanol–water partition coefficient (Wildman–Crippen LogP) is 7.09. The predicted molar refractivity (Wildman–Crippen MR) is 171 cm³/mol. The van der Waals surface area contributed by atoms with E-state index in [1.165, 1.54) is 36.0 Å². The van der Waals surface area contributed by atoms with Gasteiger partial charge in [0, 0.05) is 28.0 Å². The van der Waals surface area contributed by atoms with Crippen LogP contribution in [0.4, 0.5) is 0 Å². The number of nitrogens with zero attached hydrogens (tertiary/aromatic N) is 1. The van der Waals surface area contributed by atoms with E-state index >= 15 is 0 Å². The summed E-state index contributed by atoms with van der Waals surface area (Å²) in [6.45, 7) is 0.289. The van der Waals surface area contributed by atoms with E-state index in [1.807, 2.05) is 66.7 Å². The Morgan fingerprint density at radius 2 is 1.60 bits per heavy atom. The molecule has 2 unspecified atom stereocenters. The van der Waals surface area contributed by atoms with Crippen LogP contribution < -0.4 is 9.46 Å². The molecule has 7 nitrogen and oxygen atoms in total. The minimum absolute atomic E-state index is 0.0342. The summed E-state index contributed by atoms with van der Waals surface area (Å²) < 4.78 is 34.9. The molecule has 0 bridgehead atoms. The quantitative estimate of drug-likeness (QED) is 0.143. The Kier molecular flexibility index (Phi) is 9.99. The van der Waals surface area contributed by atoms with Gasteiger partial charge in [0.1, 0.15) is 12.4 Å². The number of aliphatic carboxylic acids is 1. The van der Waals surface area contributed by atoms with Gasteiger partial charge < -0.3 is 9.84 Å². The van der Waals surface area contributed by atoms with Gasteiger partial charge in [-0.1, -0.05) is 78.3 Å². The monoisotopic (exact) mass is 632 g/mol. The zero-order valence-corrected chi connectivity index (χ0v) is 25.4. The number of thioether (sulfide) groups is 1. The van der Waals surface area contributed by atoms with Gasteiger partial charge >= 0.3 is 5.97 Å². The van der Waals surface area contributed by atoms with E-state index in [4.69, 9.17) is 16.3 Å². The van der Waals surface area contributed by atoms with Gasteiger partial charge in [0.05, 0.1) is 22.0 Å². The second-order valence-electron chi connectivity index (χ2n) is 9.79. The minimum atomic E-state index is -3.84. The fourth-order valence-corrected chi connectivity index (χ4v) is 7.09. The minimum Gasteiger partial charge on any atom is -0.487 e. The first kappa shape index (κ1) is 30.6. The average molecular weight is 633 g/mol. The highest BCUT2D eigenvalue weighted by Gasteiger charge is 2.24. The van der Waals surface area contributed by atoms with Crippen molar-refractivity contribution in [2.45, 2.75) is 22.7 Å². The molecule has 1 aromatic heterocycles. The number of rotatable bonds is 13. The normalized spacial score (nSPS) is 13.0. The van der Waals surface area contributed by atoms with E-state index < -0.39 is 27.2 Å². The maximum atomic E-state index is 13.1. The molecular weight excluding hydrogens is 604 g/mol. The van der Waals surface area contributed by atoms with Crippen molar-refractivity contribution in [3.63, 3.8) is 0 Å². The molecule has 5 rings (SSSR count). The number of fused-ring (bicyclic) bond motifs is 1. The number of hydrogen-bond acceptors (Lipinski definition) is 6. The van der Waals surface area contributed by atoms with Crippen molar-refractivity contribution in [2.24, 2.45) is 0 Å². The number of carboxylic acids is 1. The third-order valence-electron chi connectivity index (χ3n) is 6.82. The van der Waals surface area contributed by atoms with Crippen molar-refractivity contribution in [3.05, 3.63) is 137 Å². The highest BCUT2D eigenvalue weighted by molar-refractivity contribution is 7.99. The zero-order valence-electron chi connectivity index (χ0n) is 23.0. The lowest BCUT2D eigenvalue weighted by Crippen LogP contribution is -2.28. The van der Waals surface area contributed by atoms with Crippen LogP contribution >= 0.6 is 23.4 Å². The first-order valence-corrected chi connectivity index (χ1v) is 16.4. The summed E-state index contributed by atoms with van der Waals surface area (Å²) in [5.41, 5.74) is 3.14. The third-order valence-corrected chi connectivity index (χ3v) is 9.88. The molecule has 0 radical (unpaired) electrons. The Labute approximate surface area is 259 Å². The van der Waals surface area contributed by atoms with Crippen LogP contribution in [0, 0.1) is 0 Å². The first-order chi connectivity index (χ1) is 20.8. The highest BCUT2D eigenvalue weighted by Crippen LogP contribution is 2.35. The van der Waals surface area contributed by atoms with Crippen molar-refractivity contribution in [1.29, 1.82) is 0 Å².